The quantitative estimate of drug-likeness (QED) is 0.857. The van der Waals surface area contributed by atoms with Gasteiger partial charge in [0.1, 0.15) is 0 Å². The van der Waals surface area contributed by atoms with Gasteiger partial charge in [0.15, 0.2) is 0 Å². The molecule has 0 bridgehead atoms. The normalized spacial score (nSPS) is 14.5. The summed E-state index contributed by atoms with van der Waals surface area (Å²) in [5.74, 6) is 0.705. The van der Waals surface area contributed by atoms with Crippen molar-refractivity contribution in [3.63, 3.8) is 0 Å². The monoisotopic (exact) mass is 257 g/mol. The maximum Gasteiger partial charge on any atom is 0.0934 e. The molecule has 2 rings (SSSR count). The van der Waals surface area contributed by atoms with E-state index < -0.39 is 0 Å². The van der Waals surface area contributed by atoms with E-state index in [1.165, 1.54) is 12.0 Å². The summed E-state index contributed by atoms with van der Waals surface area (Å²) in [5, 5.41) is 3.59. The van der Waals surface area contributed by atoms with Crippen LogP contribution in [-0.4, -0.2) is 16.5 Å². The molecule has 0 fully saturated rings. The van der Waals surface area contributed by atoms with Crippen LogP contribution in [-0.2, 0) is 0 Å². The van der Waals surface area contributed by atoms with Gasteiger partial charge in [0.25, 0.3) is 0 Å². The van der Waals surface area contributed by atoms with E-state index in [4.69, 9.17) is 0 Å². The largest absolute Gasteiger partial charge is 0.310 e. The Balaban J connectivity index is 2.38. The molecule has 3 heteroatoms. The van der Waals surface area contributed by atoms with Gasteiger partial charge in [-0.1, -0.05) is 39.3 Å². The van der Waals surface area contributed by atoms with Crippen molar-refractivity contribution in [2.24, 2.45) is 5.92 Å². The third-order valence-electron chi connectivity index (χ3n) is 3.69. The van der Waals surface area contributed by atoms with Crippen LogP contribution >= 0.6 is 0 Å². The van der Waals surface area contributed by atoms with Crippen molar-refractivity contribution in [2.75, 3.05) is 6.54 Å². The molecule has 1 heterocycles. The number of aromatic nitrogens is 2. The maximum absolute atomic E-state index is 4.51. The number of rotatable bonds is 6. The molecule has 0 amide bonds. The molecule has 102 valence electrons. The fourth-order valence-corrected chi connectivity index (χ4v) is 2.43. The molecule has 0 radical (unpaired) electrons. The Morgan fingerprint density at radius 2 is 1.95 bits per heavy atom. The van der Waals surface area contributed by atoms with Gasteiger partial charge in [0, 0.05) is 18.4 Å². The average molecular weight is 257 g/mol. The lowest BCUT2D eigenvalue weighted by molar-refractivity contribution is 0.410. The van der Waals surface area contributed by atoms with Crippen LogP contribution in [0.1, 0.15) is 45.2 Å². The van der Waals surface area contributed by atoms with Crippen LogP contribution in [0.25, 0.3) is 11.0 Å². The molecule has 2 atom stereocenters. The first-order chi connectivity index (χ1) is 9.26. The van der Waals surface area contributed by atoms with Gasteiger partial charge in [-0.25, -0.2) is 0 Å². The molecule has 0 spiro atoms. The van der Waals surface area contributed by atoms with Crippen molar-refractivity contribution < 1.29 is 0 Å². The number of fused-ring (bicyclic) bond motifs is 1. The number of hydrogen-bond acceptors (Lipinski definition) is 3. The second-order valence-electron chi connectivity index (χ2n) is 5.13. The first-order valence-corrected chi connectivity index (χ1v) is 7.19. The fourth-order valence-electron chi connectivity index (χ4n) is 2.43. The average Bonchev–Trinajstić information content (AvgIpc) is 2.46. The van der Waals surface area contributed by atoms with E-state index in [0.717, 1.165) is 24.0 Å². The van der Waals surface area contributed by atoms with Gasteiger partial charge in [0.2, 0.25) is 0 Å². The van der Waals surface area contributed by atoms with Crippen LogP contribution in [0.5, 0.6) is 0 Å². The predicted octanol–water partition coefficient (Wildman–Crippen LogP) is 3.72. The van der Waals surface area contributed by atoms with Gasteiger partial charge in [0.05, 0.1) is 11.0 Å². The molecule has 19 heavy (non-hydrogen) atoms. The minimum Gasteiger partial charge on any atom is -0.310 e. The lowest BCUT2D eigenvalue weighted by Gasteiger charge is -2.22. The summed E-state index contributed by atoms with van der Waals surface area (Å²) in [6.07, 6.45) is 5.87. The van der Waals surface area contributed by atoms with E-state index in [-0.39, 0.29) is 0 Å². The molecule has 1 aromatic heterocycles. The molecule has 0 aliphatic carbocycles. The molecule has 0 saturated carbocycles. The van der Waals surface area contributed by atoms with Crippen molar-refractivity contribution in [3.05, 3.63) is 36.2 Å². The third-order valence-corrected chi connectivity index (χ3v) is 3.69. The zero-order chi connectivity index (χ0) is 13.7. The summed E-state index contributed by atoms with van der Waals surface area (Å²) in [5.41, 5.74) is 3.28. The summed E-state index contributed by atoms with van der Waals surface area (Å²) < 4.78 is 0. The Morgan fingerprint density at radius 3 is 2.68 bits per heavy atom. The van der Waals surface area contributed by atoms with E-state index in [0.29, 0.717) is 12.0 Å². The van der Waals surface area contributed by atoms with Gasteiger partial charge in [-0.05, 0) is 30.5 Å². The number of nitrogens with one attached hydrogen (secondary N) is 1. The van der Waals surface area contributed by atoms with Crippen LogP contribution in [0.2, 0.25) is 0 Å². The van der Waals surface area contributed by atoms with E-state index in [9.17, 15) is 0 Å². The third kappa shape index (κ3) is 3.29. The molecule has 0 saturated heterocycles. The number of nitrogens with zero attached hydrogens (tertiary/aromatic N) is 2. The summed E-state index contributed by atoms with van der Waals surface area (Å²) >= 11 is 0. The number of hydrogen-bond donors (Lipinski definition) is 1. The molecule has 1 N–H and O–H groups in total. The maximum atomic E-state index is 4.51. The van der Waals surface area contributed by atoms with Crippen LogP contribution in [0.3, 0.4) is 0 Å². The van der Waals surface area contributed by atoms with Crippen LogP contribution in [0.4, 0.5) is 0 Å². The lowest BCUT2D eigenvalue weighted by Crippen LogP contribution is -2.23. The Kier molecular flexibility index (Phi) is 4.86. The topological polar surface area (TPSA) is 37.8 Å². The Hall–Kier alpha value is -1.48. The smallest absolute Gasteiger partial charge is 0.0934 e. The van der Waals surface area contributed by atoms with E-state index in [1.54, 1.807) is 12.4 Å². The molecule has 2 aromatic rings. The summed E-state index contributed by atoms with van der Waals surface area (Å²) in [6, 6.07) is 6.64. The first kappa shape index (κ1) is 13.9. The fraction of sp³-hybridized carbons (Fsp3) is 0.500. The van der Waals surface area contributed by atoms with E-state index in [2.05, 4.69) is 48.2 Å². The second kappa shape index (κ2) is 6.62. The van der Waals surface area contributed by atoms with Gasteiger partial charge >= 0.3 is 0 Å². The second-order valence-corrected chi connectivity index (χ2v) is 5.13. The molecular weight excluding hydrogens is 234 g/mol. The molecule has 1 aromatic carbocycles. The molecule has 0 aliphatic rings. The zero-order valence-electron chi connectivity index (χ0n) is 12.1. The highest BCUT2D eigenvalue weighted by Crippen LogP contribution is 2.27. The van der Waals surface area contributed by atoms with Crippen molar-refractivity contribution in [2.45, 2.75) is 39.7 Å². The molecular formula is C16H23N3. The van der Waals surface area contributed by atoms with Crippen LogP contribution < -0.4 is 5.32 Å². The summed E-state index contributed by atoms with van der Waals surface area (Å²) in [4.78, 5) is 8.91. The van der Waals surface area contributed by atoms with Gasteiger partial charge in [-0.3, -0.25) is 9.97 Å². The van der Waals surface area contributed by atoms with Gasteiger partial charge in [-0.2, -0.15) is 0 Å². The van der Waals surface area contributed by atoms with Crippen molar-refractivity contribution in [1.82, 2.24) is 15.3 Å². The van der Waals surface area contributed by atoms with E-state index in [1.807, 2.05) is 6.07 Å². The lowest BCUT2D eigenvalue weighted by atomic mass is 9.93. The number of para-hydroxylation sites is 1. The molecule has 3 nitrogen and oxygen atoms in total. The molecule has 2 unspecified atom stereocenters. The zero-order valence-corrected chi connectivity index (χ0v) is 12.1. The Labute approximate surface area is 115 Å². The number of benzene rings is 1. The van der Waals surface area contributed by atoms with Crippen molar-refractivity contribution >= 4 is 11.0 Å². The summed E-state index contributed by atoms with van der Waals surface area (Å²) in [7, 11) is 0. The summed E-state index contributed by atoms with van der Waals surface area (Å²) in [6.45, 7) is 7.68. The Bertz CT molecular complexity index is 519. The van der Waals surface area contributed by atoms with Gasteiger partial charge in [-0.15, -0.1) is 0 Å². The highest BCUT2D eigenvalue weighted by atomic mass is 14.9. The van der Waals surface area contributed by atoms with Crippen molar-refractivity contribution in [1.29, 1.82) is 0 Å². The minimum atomic E-state index is 0.361. The predicted molar refractivity (Wildman–Crippen MR) is 80.0 cm³/mol. The van der Waals surface area contributed by atoms with Crippen LogP contribution in [0, 0.1) is 5.92 Å². The Morgan fingerprint density at radius 1 is 1.16 bits per heavy atom. The highest BCUT2D eigenvalue weighted by Gasteiger charge is 2.16. The first-order valence-electron chi connectivity index (χ1n) is 7.19. The SMILES string of the molecule is CCNC(CC(C)CC)c1cccc2nccnc12. The van der Waals surface area contributed by atoms with Crippen molar-refractivity contribution in [3.8, 4) is 0 Å². The molecule has 0 aliphatic heterocycles. The van der Waals surface area contributed by atoms with Gasteiger partial charge < -0.3 is 5.32 Å². The standard InChI is InChI=1S/C16H23N3/c1-4-12(3)11-15(17-5-2)13-7-6-8-14-16(13)19-10-9-18-14/h6-10,12,15,17H,4-5,11H2,1-3H3. The minimum absolute atomic E-state index is 0.361. The highest BCUT2D eigenvalue weighted by molar-refractivity contribution is 5.78. The van der Waals surface area contributed by atoms with E-state index >= 15 is 0 Å². The van der Waals surface area contributed by atoms with Crippen LogP contribution in [0.15, 0.2) is 30.6 Å².